The van der Waals surface area contributed by atoms with Crippen LogP contribution in [0, 0.1) is 0 Å². The fourth-order valence-corrected chi connectivity index (χ4v) is 4.43. The third kappa shape index (κ3) is 3.60. The number of anilines is 2. The molecule has 0 unspecified atom stereocenters. The van der Waals surface area contributed by atoms with Gasteiger partial charge in [0.25, 0.3) is 5.91 Å². The van der Waals surface area contributed by atoms with Crippen LogP contribution >= 0.6 is 0 Å². The molecular formula is C25H26N2O5. The quantitative estimate of drug-likeness (QED) is 0.575. The Bertz CT molecular complexity index is 1120. The number of nitrogens with zero attached hydrogens (tertiary/aromatic N) is 2. The van der Waals surface area contributed by atoms with E-state index in [0.29, 0.717) is 12.2 Å². The lowest BCUT2D eigenvalue weighted by molar-refractivity contribution is -0.117. The average Bonchev–Trinajstić information content (AvgIpc) is 3.22. The minimum atomic E-state index is -0.322. The molecule has 4 rings (SSSR count). The highest BCUT2D eigenvalue weighted by Gasteiger charge is 2.40. The Hall–Kier alpha value is -3.74. The zero-order valence-electron chi connectivity index (χ0n) is 18.6. The van der Waals surface area contributed by atoms with Gasteiger partial charge < -0.3 is 23.7 Å². The highest BCUT2D eigenvalue weighted by molar-refractivity contribution is 6.08. The SMILES string of the molecule is COc1coc(C(=O)N2c3ccccc3[C@@H](N(C(C)=O)c3ccccc3)C[C@H]2C)c1OC. The molecular weight excluding hydrogens is 408 g/mol. The third-order valence-corrected chi connectivity index (χ3v) is 5.80. The molecule has 1 aromatic heterocycles. The van der Waals surface area contributed by atoms with Crippen molar-refractivity contribution in [3.8, 4) is 11.5 Å². The minimum absolute atomic E-state index is 0.0552. The summed E-state index contributed by atoms with van der Waals surface area (Å²) in [6, 6.07) is 16.8. The summed E-state index contributed by atoms with van der Waals surface area (Å²) in [7, 11) is 2.96. The molecule has 3 aromatic rings. The Morgan fingerprint density at radius 3 is 2.38 bits per heavy atom. The number of hydrogen-bond donors (Lipinski definition) is 0. The molecule has 2 aromatic carbocycles. The number of para-hydroxylation sites is 2. The van der Waals surface area contributed by atoms with Crippen molar-refractivity contribution in [1.82, 2.24) is 0 Å². The van der Waals surface area contributed by atoms with Crippen molar-refractivity contribution >= 4 is 23.2 Å². The lowest BCUT2D eigenvalue weighted by Gasteiger charge is -2.43. The topological polar surface area (TPSA) is 72.2 Å². The number of methoxy groups -OCH3 is 2. The Morgan fingerprint density at radius 2 is 1.72 bits per heavy atom. The fourth-order valence-electron chi connectivity index (χ4n) is 4.43. The van der Waals surface area contributed by atoms with Crippen LogP contribution in [0.5, 0.6) is 11.5 Å². The number of carbonyl (C=O) groups excluding carboxylic acids is 2. The summed E-state index contributed by atoms with van der Waals surface area (Å²) in [6.45, 7) is 3.54. The number of rotatable bonds is 5. The lowest BCUT2D eigenvalue weighted by Crippen LogP contribution is -2.47. The van der Waals surface area contributed by atoms with Crippen LogP contribution in [0.2, 0.25) is 0 Å². The van der Waals surface area contributed by atoms with Crippen LogP contribution in [0.15, 0.2) is 65.3 Å². The summed E-state index contributed by atoms with van der Waals surface area (Å²) in [4.78, 5) is 29.8. The monoisotopic (exact) mass is 434 g/mol. The van der Waals surface area contributed by atoms with Crippen molar-refractivity contribution in [2.45, 2.75) is 32.4 Å². The normalized spacial score (nSPS) is 17.4. The highest BCUT2D eigenvalue weighted by atomic mass is 16.5. The van der Waals surface area contributed by atoms with Gasteiger partial charge in [-0.3, -0.25) is 9.59 Å². The molecule has 0 aliphatic carbocycles. The van der Waals surface area contributed by atoms with Crippen LogP contribution in [0.4, 0.5) is 11.4 Å². The Kier molecular flexibility index (Phi) is 5.90. The van der Waals surface area contributed by atoms with Crippen LogP contribution in [0.25, 0.3) is 0 Å². The first-order chi connectivity index (χ1) is 15.5. The van der Waals surface area contributed by atoms with Gasteiger partial charge in [-0.15, -0.1) is 0 Å². The molecule has 0 spiro atoms. The molecule has 1 aliphatic rings. The molecule has 0 radical (unpaired) electrons. The number of fused-ring (bicyclic) bond motifs is 1. The first kappa shape index (κ1) is 21.5. The van der Waals surface area contributed by atoms with E-state index in [9.17, 15) is 9.59 Å². The predicted molar refractivity (Wildman–Crippen MR) is 121 cm³/mol. The van der Waals surface area contributed by atoms with Crippen molar-refractivity contribution in [3.05, 3.63) is 72.2 Å². The Labute approximate surface area is 187 Å². The van der Waals surface area contributed by atoms with Crippen LogP contribution in [-0.4, -0.2) is 32.1 Å². The van der Waals surface area contributed by atoms with Crippen molar-refractivity contribution in [3.63, 3.8) is 0 Å². The molecule has 166 valence electrons. The number of hydrogen-bond acceptors (Lipinski definition) is 5. The molecule has 7 heteroatoms. The maximum absolute atomic E-state index is 13.6. The number of carbonyl (C=O) groups is 2. The van der Waals surface area contributed by atoms with E-state index in [1.54, 1.807) is 16.7 Å². The smallest absolute Gasteiger partial charge is 0.298 e. The van der Waals surface area contributed by atoms with Gasteiger partial charge in [-0.05, 0) is 37.1 Å². The summed E-state index contributed by atoms with van der Waals surface area (Å²) < 4.78 is 16.1. The first-order valence-electron chi connectivity index (χ1n) is 10.4. The molecule has 0 saturated heterocycles. The van der Waals surface area contributed by atoms with E-state index in [1.165, 1.54) is 20.5 Å². The number of benzene rings is 2. The van der Waals surface area contributed by atoms with Crippen LogP contribution < -0.4 is 19.3 Å². The van der Waals surface area contributed by atoms with Gasteiger partial charge >= 0.3 is 0 Å². The summed E-state index contributed by atoms with van der Waals surface area (Å²) in [5.74, 6) is 0.325. The van der Waals surface area contributed by atoms with Gasteiger partial charge in [0.1, 0.15) is 6.26 Å². The predicted octanol–water partition coefficient (Wildman–Crippen LogP) is 4.83. The van der Waals surface area contributed by atoms with Crippen LogP contribution in [-0.2, 0) is 4.79 Å². The summed E-state index contributed by atoms with van der Waals surface area (Å²) in [6.07, 6.45) is 1.93. The van der Waals surface area contributed by atoms with Crippen molar-refractivity contribution in [1.29, 1.82) is 0 Å². The van der Waals surface area contributed by atoms with Gasteiger partial charge in [0.05, 0.1) is 20.3 Å². The first-order valence-corrected chi connectivity index (χ1v) is 10.4. The molecule has 2 amide bonds. The second-order valence-corrected chi connectivity index (χ2v) is 7.73. The van der Waals surface area contributed by atoms with Crippen LogP contribution in [0.1, 0.15) is 42.4 Å². The van der Waals surface area contributed by atoms with Crippen molar-refractivity contribution < 1.29 is 23.5 Å². The van der Waals surface area contributed by atoms with Crippen LogP contribution in [0.3, 0.4) is 0 Å². The van der Waals surface area contributed by atoms with Gasteiger partial charge in [-0.2, -0.15) is 0 Å². The molecule has 0 bridgehead atoms. The molecule has 0 saturated carbocycles. The van der Waals surface area contributed by atoms with Gasteiger partial charge in [-0.1, -0.05) is 36.4 Å². The molecule has 32 heavy (non-hydrogen) atoms. The fraction of sp³-hybridized carbons (Fsp3) is 0.280. The standard InChI is InChI=1S/C25H26N2O5/c1-16-14-21(27(17(2)28)18-10-6-5-7-11-18)19-12-8-9-13-20(19)26(16)25(29)24-23(31-4)22(30-3)15-32-24/h5-13,15-16,21H,14H2,1-4H3/t16-,21+/m1/s1. The molecule has 7 nitrogen and oxygen atoms in total. The number of ether oxygens (including phenoxy) is 2. The van der Waals surface area contributed by atoms with E-state index in [0.717, 1.165) is 16.9 Å². The maximum Gasteiger partial charge on any atom is 0.298 e. The van der Waals surface area contributed by atoms with Gasteiger partial charge in [0, 0.05) is 24.3 Å². The molecule has 0 N–H and O–H groups in total. The third-order valence-electron chi connectivity index (χ3n) is 5.80. The maximum atomic E-state index is 13.6. The van der Waals surface area contributed by atoms with E-state index in [1.807, 2.05) is 61.5 Å². The van der Waals surface area contributed by atoms with E-state index in [-0.39, 0.29) is 35.4 Å². The Morgan fingerprint density at radius 1 is 1.03 bits per heavy atom. The molecule has 0 fully saturated rings. The lowest BCUT2D eigenvalue weighted by atomic mass is 9.89. The summed E-state index contributed by atoms with van der Waals surface area (Å²) in [5, 5.41) is 0. The molecule has 1 aliphatic heterocycles. The van der Waals surface area contributed by atoms with E-state index in [2.05, 4.69) is 0 Å². The highest BCUT2D eigenvalue weighted by Crippen LogP contribution is 2.44. The molecule has 2 heterocycles. The number of furan rings is 1. The van der Waals surface area contributed by atoms with E-state index >= 15 is 0 Å². The average molecular weight is 434 g/mol. The minimum Gasteiger partial charge on any atom is -0.490 e. The van der Waals surface area contributed by atoms with E-state index < -0.39 is 0 Å². The zero-order valence-corrected chi connectivity index (χ0v) is 18.6. The van der Waals surface area contributed by atoms with Crippen molar-refractivity contribution in [2.75, 3.05) is 24.0 Å². The van der Waals surface area contributed by atoms with Gasteiger partial charge in [0.15, 0.2) is 5.75 Å². The largest absolute Gasteiger partial charge is 0.490 e. The number of amides is 2. The zero-order chi connectivity index (χ0) is 22.8. The van der Waals surface area contributed by atoms with Crippen molar-refractivity contribution in [2.24, 2.45) is 0 Å². The van der Waals surface area contributed by atoms with Gasteiger partial charge in [-0.25, -0.2) is 0 Å². The Balaban J connectivity index is 1.79. The summed E-state index contributed by atoms with van der Waals surface area (Å²) in [5.41, 5.74) is 2.46. The molecule has 2 atom stereocenters. The van der Waals surface area contributed by atoms with Gasteiger partial charge in [0.2, 0.25) is 17.4 Å². The second-order valence-electron chi connectivity index (χ2n) is 7.73. The van der Waals surface area contributed by atoms with E-state index in [4.69, 9.17) is 13.9 Å². The summed E-state index contributed by atoms with van der Waals surface area (Å²) >= 11 is 0. The second kappa shape index (κ2) is 8.78.